The van der Waals surface area contributed by atoms with E-state index in [4.69, 9.17) is 5.73 Å². The molecule has 0 aliphatic carbocycles. The van der Waals surface area contributed by atoms with Crippen LogP contribution in [-0.2, 0) is 22.7 Å². The van der Waals surface area contributed by atoms with Gasteiger partial charge in [-0.05, 0) is 55.2 Å². The number of nitrogens with one attached hydrogen (secondary N) is 1. The Hall–Kier alpha value is -3.37. The summed E-state index contributed by atoms with van der Waals surface area (Å²) in [5, 5.41) is 12.1. The quantitative estimate of drug-likeness (QED) is 0.615. The Morgan fingerprint density at radius 3 is 2.48 bits per heavy atom. The van der Waals surface area contributed by atoms with Gasteiger partial charge in [-0.2, -0.15) is 5.26 Å². The van der Waals surface area contributed by atoms with Crippen LogP contribution in [0.1, 0.15) is 49.8 Å². The average Bonchev–Trinajstić information content (AvgIpc) is 2.81. The molecule has 1 saturated heterocycles. The molecule has 7 heteroatoms. The number of hydrogen-bond acceptors (Lipinski definition) is 5. The number of primary amides is 1. The molecule has 2 amide bonds. The number of likely N-dealkylation sites (tertiary alicyclic amines) is 1. The molecule has 174 valence electrons. The zero-order chi connectivity index (χ0) is 23.8. The molecule has 1 heterocycles. The van der Waals surface area contributed by atoms with Crippen molar-refractivity contribution < 1.29 is 9.59 Å². The highest BCUT2D eigenvalue weighted by Gasteiger charge is 2.27. The van der Waals surface area contributed by atoms with E-state index >= 15 is 0 Å². The number of anilines is 1. The van der Waals surface area contributed by atoms with Gasteiger partial charge in [0.05, 0.1) is 11.6 Å². The van der Waals surface area contributed by atoms with Gasteiger partial charge in [-0.15, -0.1) is 0 Å². The van der Waals surface area contributed by atoms with E-state index in [0.717, 1.165) is 42.7 Å². The van der Waals surface area contributed by atoms with E-state index in [1.165, 1.54) is 6.92 Å². The van der Waals surface area contributed by atoms with Crippen molar-refractivity contribution in [3.05, 3.63) is 65.2 Å². The first-order valence-electron chi connectivity index (χ1n) is 11.5. The molecule has 1 aliphatic heterocycles. The molecular weight excluding hydrogens is 414 g/mol. The molecule has 1 unspecified atom stereocenters. The van der Waals surface area contributed by atoms with Crippen molar-refractivity contribution in [3.8, 4) is 6.07 Å². The molecule has 33 heavy (non-hydrogen) atoms. The van der Waals surface area contributed by atoms with Crippen molar-refractivity contribution in [2.75, 3.05) is 18.0 Å². The number of nitrogens with zero attached hydrogens (tertiary/aromatic N) is 3. The first kappa shape index (κ1) is 24.3. The van der Waals surface area contributed by atoms with Crippen LogP contribution in [0, 0.1) is 11.3 Å². The molecule has 1 aliphatic rings. The summed E-state index contributed by atoms with van der Waals surface area (Å²) >= 11 is 0. The fourth-order valence-electron chi connectivity index (χ4n) is 4.46. The third-order valence-electron chi connectivity index (χ3n) is 6.28. The first-order valence-corrected chi connectivity index (χ1v) is 11.5. The van der Waals surface area contributed by atoms with Crippen molar-refractivity contribution in [1.29, 1.82) is 5.26 Å². The van der Waals surface area contributed by atoms with Crippen LogP contribution in [0.2, 0.25) is 0 Å². The van der Waals surface area contributed by atoms with Crippen molar-refractivity contribution in [2.45, 2.75) is 58.3 Å². The van der Waals surface area contributed by atoms with E-state index < -0.39 is 0 Å². The topological polar surface area (TPSA) is 102 Å². The van der Waals surface area contributed by atoms with Gasteiger partial charge in [0.15, 0.2) is 0 Å². The number of carbonyl (C=O) groups excluding carboxylic acids is 2. The second-order valence-corrected chi connectivity index (χ2v) is 8.80. The molecule has 0 saturated carbocycles. The predicted octanol–water partition coefficient (Wildman–Crippen LogP) is 2.93. The number of hydrogen-bond donors (Lipinski definition) is 2. The van der Waals surface area contributed by atoms with Crippen LogP contribution in [0.5, 0.6) is 0 Å². The van der Waals surface area contributed by atoms with E-state index in [9.17, 15) is 14.9 Å². The Kier molecular flexibility index (Phi) is 8.45. The number of nitriles is 1. The molecule has 0 bridgehead atoms. The van der Waals surface area contributed by atoms with Crippen LogP contribution in [0.4, 0.5) is 5.69 Å². The van der Waals surface area contributed by atoms with Gasteiger partial charge in [-0.3, -0.25) is 14.5 Å². The van der Waals surface area contributed by atoms with Crippen LogP contribution in [0.15, 0.2) is 48.5 Å². The summed E-state index contributed by atoms with van der Waals surface area (Å²) in [4.78, 5) is 27.3. The summed E-state index contributed by atoms with van der Waals surface area (Å²) in [7, 11) is 0. The fourth-order valence-corrected chi connectivity index (χ4v) is 4.46. The third kappa shape index (κ3) is 7.06. The molecule has 2 aromatic carbocycles. The minimum atomic E-state index is -0.261. The molecule has 1 fully saturated rings. The summed E-state index contributed by atoms with van der Waals surface area (Å²) in [6.45, 7) is 6.62. The summed E-state index contributed by atoms with van der Waals surface area (Å²) in [5.74, 6) is -0.307. The van der Waals surface area contributed by atoms with Gasteiger partial charge in [0, 0.05) is 57.3 Å². The lowest BCUT2D eigenvalue weighted by Gasteiger charge is -2.41. The zero-order valence-corrected chi connectivity index (χ0v) is 19.5. The summed E-state index contributed by atoms with van der Waals surface area (Å²) < 4.78 is 0. The number of piperidine rings is 1. The highest BCUT2D eigenvalue weighted by Crippen LogP contribution is 2.27. The van der Waals surface area contributed by atoms with Crippen LogP contribution in [0.3, 0.4) is 0 Å². The van der Waals surface area contributed by atoms with E-state index in [1.54, 1.807) is 0 Å². The third-order valence-corrected chi connectivity index (χ3v) is 6.28. The molecular formula is C26H33N5O2. The van der Waals surface area contributed by atoms with Crippen molar-refractivity contribution >= 4 is 17.5 Å². The predicted molar refractivity (Wildman–Crippen MR) is 129 cm³/mol. The maximum absolute atomic E-state index is 11.3. The van der Waals surface area contributed by atoms with Crippen LogP contribution < -0.4 is 16.0 Å². The molecule has 1 atom stereocenters. The largest absolute Gasteiger partial charge is 0.370 e. The van der Waals surface area contributed by atoms with Crippen LogP contribution in [0.25, 0.3) is 0 Å². The lowest BCUT2D eigenvalue weighted by molar-refractivity contribution is -0.120. The average molecular weight is 448 g/mol. The highest BCUT2D eigenvalue weighted by atomic mass is 16.1. The molecule has 3 N–H and O–H groups in total. The molecule has 0 aromatic heterocycles. The molecule has 0 spiro atoms. The van der Waals surface area contributed by atoms with E-state index in [1.807, 2.05) is 30.3 Å². The molecule has 0 radical (unpaired) electrons. The van der Waals surface area contributed by atoms with Gasteiger partial charge in [0.25, 0.3) is 0 Å². The monoisotopic (exact) mass is 447 g/mol. The minimum Gasteiger partial charge on any atom is -0.370 e. The maximum atomic E-state index is 11.3. The first-order chi connectivity index (χ1) is 15.9. The SMILES string of the molecule is CC(=O)NCc1ccc(N(Cc2cccc(C#N)c2)C2CCN(C(C)CC(N)=O)CC2)cc1. The standard InChI is InChI=1S/C26H33N5O2/c1-19(14-26(28)33)30-12-10-25(11-13-30)31(18-23-5-3-4-22(15-23)16-27)24-8-6-21(7-9-24)17-29-20(2)32/h3-9,15,19,25H,10-14,17-18H2,1-2H3,(H2,28,33)(H,29,32). The zero-order valence-electron chi connectivity index (χ0n) is 19.5. The second-order valence-electron chi connectivity index (χ2n) is 8.80. The minimum absolute atomic E-state index is 0.0459. The highest BCUT2D eigenvalue weighted by molar-refractivity contribution is 5.74. The van der Waals surface area contributed by atoms with Crippen molar-refractivity contribution in [2.24, 2.45) is 5.73 Å². The number of amides is 2. The van der Waals surface area contributed by atoms with Gasteiger partial charge in [-0.1, -0.05) is 24.3 Å². The van der Waals surface area contributed by atoms with Gasteiger partial charge in [0.2, 0.25) is 11.8 Å². The Labute approximate surface area is 196 Å². The van der Waals surface area contributed by atoms with Crippen molar-refractivity contribution in [3.63, 3.8) is 0 Å². The molecule has 3 rings (SSSR count). The van der Waals surface area contributed by atoms with Crippen LogP contribution >= 0.6 is 0 Å². The summed E-state index contributed by atoms with van der Waals surface area (Å²) in [6.07, 6.45) is 2.34. The number of nitrogens with two attached hydrogens (primary N) is 1. The Morgan fingerprint density at radius 2 is 1.88 bits per heavy atom. The lowest BCUT2D eigenvalue weighted by atomic mass is 9.98. The number of carbonyl (C=O) groups is 2. The number of rotatable bonds is 9. The Morgan fingerprint density at radius 1 is 1.18 bits per heavy atom. The number of benzene rings is 2. The fraction of sp³-hybridized carbons (Fsp3) is 0.423. The molecule has 2 aromatic rings. The Bertz CT molecular complexity index is 990. The normalized spacial score (nSPS) is 15.4. The van der Waals surface area contributed by atoms with E-state index in [2.05, 4.69) is 46.3 Å². The van der Waals surface area contributed by atoms with E-state index in [-0.39, 0.29) is 17.9 Å². The van der Waals surface area contributed by atoms with Gasteiger partial charge >= 0.3 is 0 Å². The molecule has 7 nitrogen and oxygen atoms in total. The van der Waals surface area contributed by atoms with Gasteiger partial charge < -0.3 is 16.0 Å². The van der Waals surface area contributed by atoms with Crippen molar-refractivity contribution in [1.82, 2.24) is 10.2 Å². The van der Waals surface area contributed by atoms with Gasteiger partial charge in [0.1, 0.15) is 0 Å². The Balaban J connectivity index is 1.77. The van der Waals surface area contributed by atoms with E-state index in [0.29, 0.717) is 31.1 Å². The summed E-state index contributed by atoms with van der Waals surface area (Å²) in [6, 6.07) is 18.8. The van der Waals surface area contributed by atoms with Crippen LogP contribution in [-0.4, -0.2) is 41.9 Å². The smallest absolute Gasteiger partial charge is 0.218 e. The van der Waals surface area contributed by atoms with Gasteiger partial charge in [-0.25, -0.2) is 0 Å². The lowest BCUT2D eigenvalue weighted by Crippen LogP contribution is -2.48. The second kappa shape index (κ2) is 11.5. The summed E-state index contributed by atoms with van der Waals surface area (Å²) in [5.41, 5.74) is 9.32. The maximum Gasteiger partial charge on any atom is 0.218 e.